The summed E-state index contributed by atoms with van der Waals surface area (Å²) in [6, 6.07) is 7.72. The van der Waals surface area contributed by atoms with Crippen molar-refractivity contribution < 1.29 is 9.69 Å². The van der Waals surface area contributed by atoms with Gasteiger partial charge in [0.05, 0.1) is 20.1 Å². The van der Waals surface area contributed by atoms with Crippen molar-refractivity contribution in [1.29, 1.82) is 0 Å². The van der Waals surface area contributed by atoms with Crippen molar-refractivity contribution >= 4 is 24.6 Å². The predicted octanol–water partition coefficient (Wildman–Crippen LogP) is 1.80. The van der Waals surface area contributed by atoms with Gasteiger partial charge < -0.3 is 9.80 Å². The Bertz CT molecular complexity index is 371. The lowest BCUT2D eigenvalue weighted by Gasteiger charge is -2.21. The van der Waals surface area contributed by atoms with E-state index in [2.05, 4.69) is 24.6 Å². The Kier molecular flexibility index (Phi) is 11.2. The number of nitrogens with one attached hydrogen (secondary N) is 1. The maximum absolute atomic E-state index is 11.0. The fraction of sp³-hybridized carbons (Fsp3) is 0.562. The van der Waals surface area contributed by atoms with Crippen LogP contribution in [0, 0.1) is 0 Å². The molecule has 0 aliphatic heterocycles. The molecule has 0 fully saturated rings. The first-order valence-corrected chi connectivity index (χ1v) is 7.99. The topological polar surface area (TPSA) is 24.8 Å². The number of hydrogen-bond donors (Lipinski definition) is 2. The first-order valence-electron chi connectivity index (χ1n) is 7.36. The Morgan fingerprint density at radius 3 is 2.50 bits per heavy atom. The van der Waals surface area contributed by atoms with Gasteiger partial charge in [-0.25, -0.2) is 0 Å². The molecular weight excluding hydrogens is 268 g/mol. The molecule has 0 aromatic heterocycles. The maximum Gasteiger partial charge on any atom is 0.152 e. The molecule has 20 heavy (non-hydrogen) atoms. The number of benzene rings is 1. The van der Waals surface area contributed by atoms with Crippen LogP contribution in [-0.4, -0.2) is 45.8 Å². The van der Waals surface area contributed by atoms with E-state index in [0.717, 1.165) is 49.3 Å². The van der Waals surface area contributed by atoms with Gasteiger partial charge in [0.1, 0.15) is 0 Å². The summed E-state index contributed by atoms with van der Waals surface area (Å²) in [6.45, 7) is 7.20. The Hall–Kier alpha value is -1.00. The van der Waals surface area contributed by atoms with Gasteiger partial charge in [-0.3, -0.25) is 4.79 Å². The quantitative estimate of drug-likeness (QED) is 0.565. The average Bonchev–Trinajstić information content (AvgIpc) is 2.49. The van der Waals surface area contributed by atoms with Crippen LogP contribution in [0.15, 0.2) is 24.3 Å². The van der Waals surface area contributed by atoms with Crippen molar-refractivity contribution in [3.8, 4) is 0 Å². The van der Waals surface area contributed by atoms with E-state index in [1.165, 1.54) is 4.90 Å². The number of para-hydroxylation sites is 1. The van der Waals surface area contributed by atoms with Gasteiger partial charge in [0.2, 0.25) is 0 Å². The maximum atomic E-state index is 11.0. The zero-order valence-electron chi connectivity index (χ0n) is 13.2. The van der Waals surface area contributed by atoms with Crippen LogP contribution in [0.25, 0.3) is 0 Å². The van der Waals surface area contributed by atoms with Crippen LogP contribution in [-0.2, 0) is 0 Å². The first kappa shape index (κ1) is 19.0. The largest absolute Gasteiger partial charge is 0.374 e. The highest BCUT2D eigenvalue weighted by Gasteiger charge is 2.07. The third-order valence-electron chi connectivity index (χ3n) is 3.11. The number of quaternary nitrogens is 1. The van der Waals surface area contributed by atoms with Gasteiger partial charge in [-0.15, -0.1) is 0 Å². The molecule has 1 aromatic rings. The molecular formula is C16H29N2OS+. The van der Waals surface area contributed by atoms with Crippen LogP contribution < -0.4 is 9.80 Å². The molecule has 1 unspecified atom stereocenters. The second-order valence-corrected chi connectivity index (χ2v) is 5.08. The van der Waals surface area contributed by atoms with E-state index in [0.29, 0.717) is 0 Å². The minimum absolute atomic E-state index is 0.760. The minimum atomic E-state index is 0.760. The highest BCUT2D eigenvalue weighted by atomic mass is 32.1. The second kappa shape index (κ2) is 11.8. The average molecular weight is 297 g/mol. The molecule has 0 spiro atoms. The molecule has 114 valence electrons. The van der Waals surface area contributed by atoms with E-state index < -0.39 is 0 Å². The molecule has 0 saturated carbocycles. The first-order chi connectivity index (χ1) is 9.69. The van der Waals surface area contributed by atoms with Crippen molar-refractivity contribution in [2.24, 2.45) is 0 Å². The molecule has 4 heteroatoms. The summed E-state index contributed by atoms with van der Waals surface area (Å²) < 4.78 is 0. The van der Waals surface area contributed by atoms with Crippen molar-refractivity contribution in [2.75, 3.05) is 44.4 Å². The smallest absolute Gasteiger partial charge is 0.152 e. The lowest BCUT2D eigenvalue weighted by molar-refractivity contribution is -0.876. The number of rotatable bonds is 8. The Labute approximate surface area is 129 Å². The third-order valence-corrected chi connectivity index (χ3v) is 3.33. The highest BCUT2D eigenvalue weighted by Crippen LogP contribution is 2.16. The van der Waals surface area contributed by atoms with E-state index in [1.807, 2.05) is 45.2 Å². The summed E-state index contributed by atoms with van der Waals surface area (Å²) in [5, 5.41) is 0. The Balaban J connectivity index is 0.00000172. The fourth-order valence-electron chi connectivity index (χ4n) is 1.99. The van der Waals surface area contributed by atoms with Crippen LogP contribution in [0.2, 0.25) is 0 Å². The van der Waals surface area contributed by atoms with Gasteiger partial charge in [-0.2, -0.15) is 12.6 Å². The number of nitrogens with zero attached hydrogens (tertiary/aromatic N) is 1. The number of carbonyl (C=O) groups is 1. The van der Waals surface area contributed by atoms with Gasteiger partial charge in [-0.05, 0) is 12.1 Å². The van der Waals surface area contributed by atoms with E-state index in [-0.39, 0.29) is 0 Å². The summed E-state index contributed by atoms with van der Waals surface area (Å²) in [7, 11) is 4.23. The molecule has 1 N–H and O–H groups in total. The molecule has 1 atom stereocenters. The van der Waals surface area contributed by atoms with Crippen molar-refractivity contribution in [2.45, 2.75) is 20.3 Å². The molecule has 1 aromatic carbocycles. The number of carbonyl (C=O) groups excluding carboxylic acids is 1. The van der Waals surface area contributed by atoms with Crippen LogP contribution in [0.4, 0.5) is 5.69 Å². The molecule has 0 saturated heterocycles. The lowest BCUT2D eigenvalue weighted by atomic mass is 10.2. The second-order valence-electron chi connectivity index (χ2n) is 4.63. The molecule has 0 amide bonds. The summed E-state index contributed by atoms with van der Waals surface area (Å²) in [5.41, 5.74) is 1.77. The molecule has 0 aliphatic carbocycles. The highest BCUT2D eigenvalue weighted by molar-refractivity contribution is 7.80. The Morgan fingerprint density at radius 1 is 1.25 bits per heavy atom. The molecule has 3 nitrogen and oxygen atoms in total. The van der Waals surface area contributed by atoms with E-state index >= 15 is 0 Å². The van der Waals surface area contributed by atoms with E-state index in [1.54, 1.807) is 0 Å². The minimum Gasteiger partial charge on any atom is -0.374 e. The molecule has 0 heterocycles. The number of anilines is 1. The molecule has 0 bridgehead atoms. The number of aldehydes is 1. The van der Waals surface area contributed by atoms with Crippen molar-refractivity contribution in [1.82, 2.24) is 0 Å². The molecule has 0 radical (unpaired) electrons. The van der Waals surface area contributed by atoms with E-state index in [9.17, 15) is 4.79 Å². The summed E-state index contributed by atoms with van der Waals surface area (Å²) in [4.78, 5) is 14.6. The predicted molar refractivity (Wildman–Crippen MR) is 91.5 cm³/mol. The van der Waals surface area contributed by atoms with Crippen LogP contribution in [0.5, 0.6) is 0 Å². The zero-order valence-corrected chi connectivity index (χ0v) is 14.1. The van der Waals surface area contributed by atoms with Crippen LogP contribution in [0.1, 0.15) is 30.6 Å². The van der Waals surface area contributed by atoms with E-state index in [4.69, 9.17) is 0 Å². The fourth-order valence-corrected chi connectivity index (χ4v) is 2.37. The summed E-state index contributed by atoms with van der Waals surface area (Å²) >= 11 is 4.24. The van der Waals surface area contributed by atoms with Crippen molar-refractivity contribution in [3.05, 3.63) is 29.8 Å². The summed E-state index contributed by atoms with van der Waals surface area (Å²) in [5.74, 6) is 0.926. The van der Waals surface area contributed by atoms with Gasteiger partial charge in [0, 0.05) is 37.0 Å². The molecule has 0 aliphatic rings. The molecule has 1 rings (SSSR count). The van der Waals surface area contributed by atoms with Crippen molar-refractivity contribution in [3.63, 3.8) is 0 Å². The monoisotopic (exact) mass is 297 g/mol. The van der Waals surface area contributed by atoms with Gasteiger partial charge >= 0.3 is 0 Å². The van der Waals surface area contributed by atoms with Gasteiger partial charge in [0.15, 0.2) is 6.29 Å². The van der Waals surface area contributed by atoms with Crippen LogP contribution >= 0.6 is 12.6 Å². The normalized spacial score (nSPS) is 11.2. The van der Waals surface area contributed by atoms with Gasteiger partial charge in [0.25, 0.3) is 0 Å². The SMILES string of the molecule is CC.CN(CCC[NH+](C)CCS)c1ccccc1C=O. The summed E-state index contributed by atoms with van der Waals surface area (Å²) in [6.07, 6.45) is 2.04. The number of thiol groups is 1. The third kappa shape index (κ3) is 6.96. The lowest BCUT2D eigenvalue weighted by Crippen LogP contribution is -3.09. The van der Waals surface area contributed by atoms with Gasteiger partial charge in [-0.1, -0.05) is 26.0 Å². The number of hydrogen-bond acceptors (Lipinski definition) is 3. The van der Waals surface area contributed by atoms with Crippen LogP contribution in [0.3, 0.4) is 0 Å². The zero-order chi connectivity index (χ0) is 15.4. The standard InChI is InChI=1S/C14H22N2OS.C2H6/c1-15(10-11-18)8-5-9-16(2)14-7-4-3-6-13(14)12-17;1-2/h3-4,6-7,12,18H,5,8-11H2,1-2H3;1-2H3/p+1. The Morgan fingerprint density at radius 2 is 1.90 bits per heavy atom.